The molecular formula is C15H22F2N2O2. The van der Waals surface area contributed by atoms with Crippen LogP contribution in [-0.2, 0) is 11.3 Å². The zero-order valence-electron chi connectivity index (χ0n) is 12.8. The highest BCUT2D eigenvalue weighted by Crippen LogP contribution is 2.16. The Labute approximate surface area is 124 Å². The first kappa shape index (κ1) is 17.4. The lowest BCUT2D eigenvalue weighted by Gasteiger charge is -2.25. The molecule has 0 aliphatic rings. The first-order valence-corrected chi connectivity index (χ1v) is 6.84. The van der Waals surface area contributed by atoms with Crippen LogP contribution in [0.1, 0.15) is 26.3 Å². The smallest absolute Gasteiger partial charge is 0.387 e. The van der Waals surface area contributed by atoms with Crippen LogP contribution in [0.3, 0.4) is 0 Å². The number of nitrogens with one attached hydrogen (secondary N) is 1. The maximum atomic E-state index is 12.1. The second kappa shape index (κ2) is 7.93. The van der Waals surface area contributed by atoms with Gasteiger partial charge in [-0.05, 0) is 45.5 Å². The van der Waals surface area contributed by atoms with Crippen molar-refractivity contribution in [3.63, 3.8) is 0 Å². The van der Waals surface area contributed by atoms with Crippen LogP contribution >= 0.6 is 0 Å². The quantitative estimate of drug-likeness (QED) is 0.841. The fraction of sp³-hybridized carbons (Fsp3) is 0.533. The van der Waals surface area contributed by atoms with Crippen LogP contribution in [-0.4, -0.2) is 36.5 Å². The molecule has 1 rings (SSSR count). The standard InChI is InChI=1S/C15H22F2N2O2/c1-10(2)18-14(20)11(3)19(4)9-12-5-7-13(8-6-12)21-15(16)17/h5-8,10-11,15H,9H2,1-4H3,(H,18,20)/t11-/m1/s1. The summed E-state index contributed by atoms with van der Waals surface area (Å²) in [6.45, 7) is 3.37. The minimum Gasteiger partial charge on any atom is -0.435 e. The number of carbonyl (C=O) groups excluding carboxylic acids is 1. The molecule has 118 valence electrons. The van der Waals surface area contributed by atoms with E-state index >= 15 is 0 Å². The number of likely N-dealkylation sites (N-methyl/N-ethyl adjacent to an activating group) is 1. The van der Waals surface area contributed by atoms with Crippen molar-refractivity contribution in [1.29, 1.82) is 0 Å². The van der Waals surface area contributed by atoms with Gasteiger partial charge in [-0.3, -0.25) is 9.69 Å². The van der Waals surface area contributed by atoms with Gasteiger partial charge in [0.05, 0.1) is 6.04 Å². The number of nitrogens with zero attached hydrogens (tertiary/aromatic N) is 1. The van der Waals surface area contributed by atoms with Crippen LogP contribution in [0.2, 0.25) is 0 Å². The van der Waals surface area contributed by atoms with Crippen molar-refractivity contribution in [2.75, 3.05) is 7.05 Å². The Bertz CT molecular complexity index is 449. The summed E-state index contributed by atoms with van der Waals surface area (Å²) in [5.74, 6) is 0.0900. The summed E-state index contributed by atoms with van der Waals surface area (Å²) in [6.07, 6.45) is 0. The van der Waals surface area contributed by atoms with Gasteiger partial charge in [0.25, 0.3) is 0 Å². The largest absolute Gasteiger partial charge is 0.435 e. The van der Waals surface area contributed by atoms with E-state index in [0.29, 0.717) is 6.54 Å². The number of carbonyl (C=O) groups is 1. The summed E-state index contributed by atoms with van der Waals surface area (Å²) in [5.41, 5.74) is 0.920. The molecule has 1 amide bonds. The van der Waals surface area contributed by atoms with E-state index in [-0.39, 0.29) is 23.7 Å². The number of hydrogen-bond donors (Lipinski definition) is 1. The van der Waals surface area contributed by atoms with Gasteiger partial charge in [0.2, 0.25) is 5.91 Å². The molecule has 0 fully saturated rings. The highest BCUT2D eigenvalue weighted by atomic mass is 19.3. The molecule has 0 unspecified atom stereocenters. The number of benzene rings is 1. The minimum absolute atomic E-state index is 0.0369. The molecule has 0 heterocycles. The average Bonchev–Trinajstić information content (AvgIpc) is 2.38. The number of amides is 1. The molecule has 1 aromatic rings. The molecule has 4 nitrogen and oxygen atoms in total. The molecule has 1 N–H and O–H groups in total. The van der Waals surface area contributed by atoms with Crippen molar-refractivity contribution in [2.45, 2.75) is 46.0 Å². The second-order valence-corrected chi connectivity index (χ2v) is 5.28. The normalized spacial score (nSPS) is 12.8. The zero-order chi connectivity index (χ0) is 16.0. The fourth-order valence-electron chi connectivity index (χ4n) is 1.81. The maximum Gasteiger partial charge on any atom is 0.387 e. The van der Waals surface area contributed by atoms with Crippen LogP contribution in [0.15, 0.2) is 24.3 Å². The minimum atomic E-state index is -2.82. The van der Waals surface area contributed by atoms with E-state index in [9.17, 15) is 13.6 Å². The van der Waals surface area contributed by atoms with E-state index < -0.39 is 6.61 Å². The molecule has 1 atom stereocenters. The Morgan fingerprint density at radius 2 is 1.81 bits per heavy atom. The van der Waals surface area contributed by atoms with Gasteiger partial charge in [0.1, 0.15) is 5.75 Å². The van der Waals surface area contributed by atoms with Crippen molar-refractivity contribution >= 4 is 5.91 Å². The van der Waals surface area contributed by atoms with Crippen LogP contribution in [0.5, 0.6) is 5.75 Å². The van der Waals surface area contributed by atoms with Gasteiger partial charge in [-0.25, -0.2) is 0 Å². The molecule has 0 saturated heterocycles. The predicted molar refractivity (Wildman–Crippen MR) is 77.3 cm³/mol. The van der Waals surface area contributed by atoms with Gasteiger partial charge in [-0.2, -0.15) is 8.78 Å². The van der Waals surface area contributed by atoms with E-state index in [2.05, 4.69) is 10.1 Å². The molecule has 6 heteroatoms. The van der Waals surface area contributed by atoms with Gasteiger partial charge in [0.15, 0.2) is 0 Å². The van der Waals surface area contributed by atoms with Crippen molar-refractivity contribution in [3.8, 4) is 5.75 Å². The SMILES string of the molecule is CC(C)NC(=O)[C@@H](C)N(C)Cc1ccc(OC(F)F)cc1. The summed E-state index contributed by atoms with van der Waals surface area (Å²) >= 11 is 0. The molecule has 0 radical (unpaired) electrons. The van der Waals surface area contributed by atoms with Crippen LogP contribution in [0, 0.1) is 0 Å². The average molecular weight is 300 g/mol. The number of hydrogen-bond acceptors (Lipinski definition) is 3. The Morgan fingerprint density at radius 3 is 2.29 bits per heavy atom. The maximum absolute atomic E-state index is 12.1. The third kappa shape index (κ3) is 6.08. The lowest BCUT2D eigenvalue weighted by atomic mass is 10.1. The fourth-order valence-corrected chi connectivity index (χ4v) is 1.81. The van der Waals surface area contributed by atoms with E-state index in [0.717, 1.165) is 5.56 Å². The van der Waals surface area contributed by atoms with Crippen LogP contribution < -0.4 is 10.1 Å². The molecule has 0 aliphatic heterocycles. The molecular weight excluding hydrogens is 278 g/mol. The third-order valence-electron chi connectivity index (χ3n) is 3.05. The third-order valence-corrected chi connectivity index (χ3v) is 3.05. The first-order valence-electron chi connectivity index (χ1n) is 6.84. The van der Waals surface area contributed by atoms with Crippen molar-refractivity contribution < 1.29 is 18.3 Å². The lowest BCUT2D eigenvalue weighted by molar-refractivity contribution is -0.126. The Hall–Kier alpha value is -1.69. The number of rotatable bonds is 7. The Balaban J connectivity index is 2.57. The van der Waals surface area contributed by atoms with Crippen LogP contribution in [0.4, 0.5) is 8.78 Å². The molecule has 21 heavy (non-hydrogen) atoms. The molecule has 0 saturated carbocycles. The molecule has 1 aromatic carbocycles. The van der Waals surface area contributed by atoms with Crippen molar-refractivity contribution in [2.24, 2.45) is 0 Å². The summed E-state index contributed by atoms with van der Waals surface area (Å²) in [7, 11) is 1.84. The van der Waals surface area contributed by atoms with Gasteiger partial charge in [0, 0.05) is 12.6 Å². The van der Waals surface area contributed by atoms with E-state index in [1.165, 1.54) is 12.1 Å². The number of ether oxygens (including phenoxy) is 1. The van der Waals surface area contributed by atoms with E-state index in [4.69, 9.17) is 0 Å². The van der Waals surface area contributed by atoms with Gasteiger partial charge in [-0.15, -0.1) is 0 Å². The number of alkyl halides is 2. The Kier molecular flexibility index (Phi) is 6.55. The molecule has 0 spiro atoms. The highest BCUT2D eigenvalue weighted by molar-refractivity contribution is 5.81. The number of halogens is 2. The molecule has 0 aliphatic carbocycles. The van der Waals surface area contributed by atoms with Gasteiger partial charge in [-0.1, -0.05) is 12.1 Å². The molecule has 0 bridgehead atoms. The molecule has 0 aromatic heterocycles. The summed E-state index contributed by atoms with van der Waals surface area (Å²) < 4.78 is 28.4. The zero-order valence-corrected chi connectivity index (χ0v) is 12.8. The summed E-state index contributed by atoms with van der Waals surface area (Å²) in [4.78, 5) is 13.8. The summed E-state index contributed by atoms with van der Waals surface area (Å²) in [6, 6.07) is 6.23. The van der Waals surface area contributed by atoms with Gasteiger partial charge < -0.3 is 10.1 Å². The van der Waals surface area contributed by atoms with Gasteiger partial charge >= 0.3 is 6.61 Å². The first-order chi connectivity index (χ1) is 9.79. The predicted octanol–water partition coefficient (Wildman–Crippen LogP) is 2.63. The Morgan fingerprint density at radius 1 is 1.24 bits per heavy atom. The van der Waals surface area contributed by atoms with E-state index in [1.807, 2.05) is 32.7 Å². The second-order valence-electron chi connectivity index (χ2n) is 5.28. The lowest BCUT2D eigenvalue weighted by Crippen LogP contribution is -2.45. The van der Waals surface area contributed by atoms with Crippen molar-refractivity contribution in [1.82, 2.24) is 10.2 Å². The van der Waals surface area contributed by atoms with Crippen molar-refractivity contribution in [3.05, 3.63) is 29.8 Å². The topological polar surface area (TPSA) is 41.6 Å². The van der Waals surface area contributed by atoms with Crippen LogP contribution in [0.25, 0.3) is 0 Å². The monoisotopic (exact) mass is 300 g/mol. The summed E-state index contributed by atoms with van der Waals surface area (Å²) in [5, 5.41) is 2.86. The highest BCUT2D eigenvalue weighted by Gasteiger charge is 2.18. The van der Waals surface area contributed by atoms with E-state index in [1.54, 1.807) is 12.1 Å².